The predicted octanol–water partition coefficient (Wildman–Crippen LogP) is -0.321. The molecule has 2 saturated heterocycles. The molecule has 0 saturated carbocycles. The minimum Gasteiger partial charge on any atom is -0.385 e. The van der Waals surface area contributed by atoms with Gasteiger partial charge < -0.3 is 19.9 Å². The zero-order chi connectivity index (χ0) is 11.6. The van der Waals surface area contributed by atoms with E-state index in [1.54, 1.807) is 0 Å². The van der Waals surface area contributed by atoms with E-state index in [0.717, 1.165) is 6.42 Å². The highest BCUT2D eigenvalue weighted by Crippen LogP contribution is 2.25. The summed E-state index contributed by atoms with van der Waals surface area (Å²) in [6.45, 7) is 3.81. The SMILES string of the molecule is CC1OCCC1(O)CNC(=O)C1CCOC1. The lowest BCUT2D eigenvalue weighted by Crippen LogP contribution is -2.48. The molecular formula is C11H19NO4. The molecule has 5 nitrogen and oxygen atoms in total. The molecule has 3 unspecified atom stereocenters. The standard InChI is InChI=1S/C11H19NO4/c1-8-11(14,3-5-16-8)7-12-10(13)9-2-4-15-6-9/h8-9,14H,2-7H2,1H3,(H,12,13). The second-order valence-corrected chi connectivity index (χ2v) is 4.64. The van der Waals surface area contributed by atoms with Gasteiger partial charge in [-0.2, -0.15) is 0 Å². The van der Waals surface area contributed by atoms with Crippen LogP contribution in [0.2, 0.25) is 0 Å². The Morgan fingerprint density at radius 2 is 2.38 bits per heavy atom. The van der Waals surface area contributed by atoms with Crippen molar-refractivity contribution in [1.82, 2.24) is 5.32 Å². The van der Waals surface area contributed by atoms with Gasteiger partial charge in [-0.05, 0) is 13.3 Å². The smallest absolute Gasteiger partial charge is 0.225 e. The number of ether oxygens (including phenoxy) is 2. The lowest BCUT2D eigenvalue weighted by atomic mass is 9.96. The molecule has 3 atom stereocenters. The zero-order valence-electron chi connectivity index (χ0n) is 9.57. The molecule has 16 heavy (non-hydrogen) atoms. The number of rotatable bonds is 3. The molecule has 0 aliphatic carbocycles. The first-order valence-electron chi connectivity index (χ1n) is 5.81. The minimum absolute atomic E-state index is 0.0231. The van der Waals surface area contributed by atoms with Crippen LogP contribution in [0.25, 0.3) is 0 Å². The van der Waals surface area contributed by atoms with E-state index < -0.39 is 5.60 Å². The molecule has 0 aromatic rings. The summed E-state index contributed by atoms with van der Waals surface area (Å²) in [4.78, 5) is 11.7. The molecule has 0 aromatic carbocycles. The van der Waals surface area contributed by atoms with Crippen molar-refractivity contribution in [3.63, 3.8) is 0 Å². The van der Waals surface area contributed by atoms with Crippen molar-refractivity contribution in [3.8, 4) is 0 Å². The minimum atomic E-state index is -0.908. The average molecular weight is 229 g/mol. The van der Waals surface area contributed by atoms with E-state index in [1.807, 2.05) is 6.92 Å². The van der Waals surface area contributed by atoms with Crippen LogP contribution in [-0.2, 0) is 14.3 Å². The van der Waals surface area contributed by atoms with Gasteiger partial charge in [-0.15, -0.1) is 0 Å². The van der Waals surface area contributed by atoms with Crippen molar-refractivity contribution >= 4 is 5.91 Å². The summed E-state index contributed by atoms with van der Waals surface area (Å²) in [5.74, 6) is -0.0775. The number of hydrogen-bond donors (Lipinski definition) is 2. The third-order valence-electron chi connectivity index (χ3n) is 3.53. The molecule has 92 valence electrons. The van der Waals surface area contributed by atoms with Gasteiger partial charge in [-0.3, -0.25) is 4.79 Å². The molecule has 0 bridgehead atoms. The number of carbonyl (C=O) groups excluding carboxylic acids is 1. The fourth-order valence-electron chi connectivity index (χ4n) is 2.13. The van der Waals surface area contributed by atoms with E-state index in [1.165, 1.54) is 0 Å². The zero-order valence-corrected chi connectivity index (χ0v) is 9.57. The van der Waals surface area contributed by atoms with Gasteiger partial charge in [0.1, 0.15) is 5.60 Å². The maximum absolute atomic E-state index is 11.7. The predicted molar refractivity (Wildman–Crippen MR) is 56.9 cm³/mol. The molecule has 1 amide bonds. The van der Waals surface area contributed by atoms with E-state index in [4.69, 9.17) is 9.47 Å². The first-order chi connectivity index (χ1) is 7.62. The van der Waals surface area contributed by atoms with E-state index in [-0.39, 0.29) is 24.5 Å². The third-order valence-corrected chi connectivity index (χ3v) is 3.53. The monoisotopic (exact) mass is 229 g/mol. The molecule has 2 aliphatic heterocycles. The van der Waals surface area contributed by atoms with Crippen LogP contribution in [0.3, 0.4) is 0 Å². The molecule has 2 N–H and O–H groups in total. The number of carbonyl (C=O) groups is 1. The lowest BCUT2D eigenvalue weighted by Gasteiger charge is -2.26. The molecule has 5 heteroatoms. The Labute approximate surface area is 95.1 Å². The molecule has 0 aromatic heterocycles. The van der Waals surface area contributed by atoms with Crippen LogP contribution in [0.1, 0.15) is 19.8 Å². The van der Waals surface area contributed by atoms with Gasteiger partial charge in [0.15, 0.2) is 0 Å². The Morgan fingerprint density at radius 3 is 2.94 bits per heavy atom. The molecular weight excluding hydrogens is 210 g/mol. The highest BCUT2D eigenvalue weighted by atomic mass is 16.5. The van der Waals surface area contributed by atoms with Crippen LogP contribution in [-0.4, -0.2) is 49.1 Å². The van der Waals surface area contributed by atoms with Crippen LogP contribution >= 0.6 is 0 Å². The number of amides is 1. The van der Waals surface area contributed by atoms with Gasteiger partial charge in [0.25, 0.3) is 0 Å². The maximum atomic E-state index is 11.7. The summed E-state index contributed by atoms with van der Waals surface area (Å²) in [5.41, 5.74) is -0.908. The topological polar surface area (TPSA) is 67.8 Å². The van der Waals surface area contributed by atoms with E-state index >= 15 is 0 Å². The molecule has 0 radical (unpaired) electrons. The quantitative estimate of drug-likeness (QED) is 0.696. The Hall–Kier alpha value is -0.650. The van der Waals surface area contributed by atoms with Crippen molar-refractivity contribution in [2.45, 2.75) is 31.5 Å². The van der Waals surface area contributed by atoms with Gasteiger partial charge >= 0.3 is 0 Å². The van der Waals surface area contributed by atoms with E-state index in [9.17, 15) is 9.90 Å². The highest BCUT2D eigenvalue weighted by molar-refractivity contribution is 5.79. The summed E-state index contributed by atoms with van der Waals surface area (Å²) < 4.78 is 10.4. The number of aliphatic hydroxyl groups is 1. The summed E-state index contributed by atoms with van der Waals surface area (Å²) in [7, 11) is 0. The fourth-order valence-corrected chi connectivity index (χ4v) is 2.13. The van der Waals surface area contributed by atoms with Gasteiger partial charge in [0, 0.05) is 26.2 Å². The summed E-state index contributed by atoms with van der Waals surface area (Å²) in [5, 5.41) is 13.0. The van der Waals surface area contributed by atoms with Gasteiger partial charge in [0.2, 0.25) is 5.91 Å². The van der Waals surface area contributed by atoms with E-state index in [0.29, 0.717) is 26.2 Å². The van der Waals surface area contributed by atoms with Crippen LogP contribution < -0.4 is 5.32 Å². The van der Waals surface area contributed by atoms with Crippen LogP contribution in [0, 0.1) is 5.92 Å². The largest absolute Gasteiger partial charge is 0.385 e. The van der Waals surface area contributed by atoms with Gasteiger partial charge in [-0.25, -0.2) is 0 Å². The van der Waals surface area contributed by atoms with Gasteiger partial charge in [-0.1, -0.05) is 0 Å². The van der Waals surface area contributed by atoms with Crippen molar-refractivity contribution in [2.24, 2.45) is 5.92 Å². The first kappa shape index (κ1) is 11.8. The fraction of sp³-hybridized carbons (Fsp3) is 0.909. The highest BCUT2D eigenvalue weighted by Gasteiger charge is 2.40. The Kier molecular flexibility index (Phi) is 3.47. The van der Waals surface area contributed by atoms with Gasteiger partial charge in [0.05, 0.1) is 18.6 Å². The summed E-state index contributed by atoms with van der Waals surface area (Å²) in [6, 6.07) is 0. The maximum Gasteiger partial charge on any atom is 0.225 e. The van der Waals surface area contributed by atoms with Crippen molar-refractivity contribution in [3.05, 3.63) is 0 Å². The summed E-state index contributed by atoms with van der Waals surface area (Å²) in [6.07, 6.45) is 1.14. The Morgan fingerprint density at radius 1 is 1.56 bits per heavy atom. The third kappa shape index (κ3) is 2.36. The first-order valence-corrected chi connectivity index (χ1v) is 5.81. The van der Waals surface area contributed by atoms with E-state index in [2.05, 4.69) is 5.32 Å². The Balaban J connectivity index is 1.80. The molecule has 0 spiro atoms. The number of hydrogen-bond acceptors (Lipinski definition) is 4. The second-order valence-electron chi connectivity index (χ2n) is 4.64. The van der Waals surface area contributed by atoms with Crippen molar-refractivity contribution < 1.29 is 19.4 Å². The van der Waals surface area contributed by atoms with Crippen molar-refractivity contribution in [1.29, 1.82) is 0 Å². The van der Waals surface area contributed by atoms with Crippen LogP contribution in [0.5, 0.6) is 0 Å². The average Bonchev–Trinajstić information content (AvgIpc) is 2.87. The summed E-state index contributed by atoms with van der Waals surface area (Å²) >= 11 is 0. The normalized spacial score (nSPS) is 38.9. The molecule has 2 heterocycles. The molecule has 2 aliphatic rings. The molecule has 2 rings (SSSR count). The number of nitrogens with one attached hydrogen (secondary N) is 1. The van der Waals surface area contributed by atoms with Crippen LogP contribution in [0.4, 0.5) is 0 Å². The lowest BCUT2D eigenvalue weighted by molar-refractivity contribution is -0.126. The molecule has 2 fully saturated rings. The van der Waals surface area contributed by atoms with Crippen molar-refractivity contribution in [2.75, 3.05) is 26.4 Å². The Bertz CT molecular complexity index is 265. The second kappa shape index (κ2) is 4.69. The van der Waals surface area contributed by atoms with Crippen LogP contribution in [0.15, 0.2) is 0 Å².